The van der Waals surface area contributed by atoms with Gasteiger partial charge in [-0.05, 0) is 37.8 Å². The second-order valence-electron chi connectivity index (χ2n) is 6.95. The van der Waals surface area contributed by atoms with Crippen LogP contribution in [0.1, 0.15) is 58.1 Å². The molecule has 21 heavy (non-hydrogen) atoms. The molecule has 0 aromatic carbocycles. The molecule has 1 rings (SSSR count). The Kier molecular flexibility index (Phi) is 8.05. The molecule has 0 atom stereocenters. The molecule has 3 nitrogen and oxygen atoms in total. The van der Waals surface area contributed by atoms with Crippen LogP contribution < -0.4 is 5.32 Å². The van der Waals surface area contributed by atoms with Gasteiger partial charge < -0.3 is 9.73 Å². The van der Waals surface area contributed by atoms with E-state index in [-0.39, 0.29) is 0 Å². The van der Waals surface area contributed by atoms with Crippen molar-refractivity contribution in [2.24, 2.45) is 11.8 Å². The highest BCUT2D eigenvalue weighted by molar-refractivity contribution is 5.20. The molecule has 0 aliphatic heterocycles. The van der Waals surface area contributed by atoms with Crippen LogP contribution in [-0.2, 0) is 13.1 Å². The zero-order valence-electron chi connectivity index (χ0n) is 14.8. The fourth-order valence-corrected chi connectivity index (χ4v) is 2.70. The van der Waals surface area contributed by atoms with Gasteiger partial charge in [-0.25, -0.2) is 0 Å². The van der Waals surface area contributed by atoms with Crippen LogP contribution in [0.2, 0.25) is 0 Å². The minimum absolute atomic E-state index is 0.696. The minimum atomic E-state index is 0.696. The van der Waals surface area contributed by atoms with Crippen molar-refractivity contribution in [2.75, 3.05) is 19.6 Å². The maximum atomic E-state index is 5.88. The van der Waals surface area contributed by atoms with Crippen molar-refractivity contribution in [3.8, 4) is 0 Å². The van der Waals surface area contributed by atoms with Crippen LogP contribution in [-0.4, -0.2) is 24.5 Å². The summed E-state index contributed by atoms with van der Waals surface area (Å²) < 4.78 is 5.88. The lowest BCUT2D eigenvalue weighted by atomic mass is 10.1. The molecule has 0 amide bonds. The second kappa shape index (κ2) is 9.26. The summed E-state index contributed by atoms with van der Waals surface area (Å²) in [5.74, 6) is 3.52. The number of hydrogen-bond acceptors (Lipinski definition) is 3. The molecule has 1 N–H and O–H groups in total. The molecule has 0 aliphatic rings. The van der Waals surface area contributed by atoms with Crippen molar-refractivity contribution in [3.05, 3.63) is 23.2 Å². The third kappa shape index (κ3) is 7.14. The summed E-state index contributed by atoms with van der Waals surface area (Å²) in [5.41, 5.74) is 1.34. The molecule has 0 saturated carbocycles. The van der Waals surface area contributed by atoms with Gasteiger partial charge in [0.25, 0.3) is 0 Å². The summed E-state index contributed by atoms with van der Waals surface area (Å²) in [5, 5.41) is 3.40. The van der Waals surface area contributed by atoms with E-state index < -0.39 is 0 Å². The number of nitrogens with one attached hydrogen (secondary N) is 1. The largest absolute Gasteiger partial charge is 0.465 e. The Balaban J connectivity index is 2.64. The number of aryl methyl sites for hydroxylation is 1. The van der Waals surface area contributed by atoms with E-state index in [4.69, 9.17) is 4.42 Å². The van der Waals surface area contributed by atoms with Crippen molar-refractivity contribution in [1.29, 1.82) is 0 Å². The van der Waals surface area contributed by atoms with Crippen LogP contribution in [0.4, 0.5) is 0 Å². The van der Waals surface area contributed by atoms with Gasteiger partial charge in [-0.15, -0.1) is 0 Å². The van der Waals surface area contributed by atoms with Crippen molar-refractivity contribution < 1.29 is 4.42 Å². The molecule has 0 unspecified atom stereocenters. The first-order valence-corrected chi connectivity index (χ1v) is 8.43. The zero-order chi connectivity index (χ0) is 15.8. The number of furan rings is 1. The first-order valence-electron chi connectivity index (χ1n) is 8.43. The van der Waals surface area contributed by atoms with E-state index in [1.807, 2.05) is 0 Å². The molecule has 1 aromatic heterocycles. The standard InChI is InChI=1S/C18H34N2O/c1-7-8-19-10-18-9-17(16(6)21-18)13-20(11-14(2)3)12-15(4)5/h9,14-15,19H,7-8,10-13H2,1-6H3. The zero-order valence-corrected chi connectivity index (χ0v) is 14.8. The SMILES string of the molecule is CCCNCc1cc(CN(CC(C)C)CC(C)C)c(C)o1. The monoisotopic (exact) mass is 294 g/mol. The van der Waals surface area contributed by atoms with E-state index in [0.717, 1.165) is 50.7 Å². The Morgan fingerprint density at radius 2 is 1.76 bits per heavy atom. The predicted octanol–water partition coefficient (Wildman–Crippen LogP) is 4.20. The molecule has 0 saturated heterocycles. The van der Waals surface area contributed by atoms with Gasteiger partial charge >= 0.3 is 0 Å². The molecule has 0 spiro atoms. The van der Waals surface area contributed by atoms with E-state index in [2.05, 4.69) is 57.8 Å². The Morgan fingerprint density at radius 1 is 1.14 bits per heavy atom. The smallest absolute Gasteiger partial charge is 0.118 e. The molecule has 0 radical (unpaired) electrons. The lowest BCUT2D eigenvalue weighted by Crippen LogP contribution is -2.31. The van der Waals surface area contributed by atoms with Gasteiger partial charge in [-0.2, -0.15) is 0 Å². The van der Waals surface area contributed by atoms with Gasteiger partial charge in [-0.3, -0.25) is 4.90 Å². The average Bonchev–Trinajstić information content (AvgIpc) is 2.68. The predicted molar refractivity (Wildman–Crippen MR) is 90.4 cm³/mol. The molecule has 0 fully saturated rings. The van der Waals surface area contributed by atoms with E-state index in [0.29, 0.717) is 11.8 Å². The summed E-state index contributed by atoms with van der Waals surface area (Å²) in [6.45, 7) is 18.6. The second-order valence-corrected chi connectivity index (χ2v) is 6.95. The van der Waals surface area contributed by atoms with Gasteiger partial charge in [0.2, 0.25) is 0 Å². The lowest BCUT2D eigenvalue weighted by molar-refractivity contribution is 0.210. The van der Waals surface area contributed by atoms with Crippen LogP contribution in [0.25, 0.3) is 0 Å². The van der Waals surface area contributed by atoms with E-state index in [1.54, 1.807) is 0 Å². The van der Waals surface area contributed by atoms with Crippen molar-refractivity contribution in [1.82, 2.24) is 10.2 Å². The minimum Gasteiger partial charge on any atom is -0.465 e. The highest BCUT2D eigenvalue weighted by Gasteiger charge is 2.14. The highest BCUT2D eigenvalue weighted by Crippen LogP contribution is 2.18. The van der Waals surface area contributed by atoms with E-state index in [9.17, 15) is 0 Å². The Hall–Kier alpha value is -0.800. The van der Waals surface area contributed by atoms with E-state index >= 15 is 0 Å². The van der Waals surface area contributed by atoms with Crippen molar-refractivity contribution in [2.45, 2.75) is 61.1 Å². The summed E-state index contributed by atoms with van der Waals surface area (Å²) in [6, 6.07) is 2.23. The summed E-state index contributed by atoms with van der Waals surface area (Å²) in [7, 11) is 0. The van der Waals surface area contributed by atoms with E-state index in [1.165, 1.54) is 5.56 Å². The molecular weight excluding hydrogens is 260 g/mol. The third-order valence-electron chi connectivity index (χ3n) is 3.44. The van der Waals surface area contributed by atoms with Gasteiger partial charge in [0.15, 0.2) is 0 Å². The first-order chi connectivity index (χ1) is 9.92. The van der Waals surface area contributed by atoms with Crippen molar-refractivity contribution in [3.63, 3.8) is 0 Å². The van der Waals surface area contributed by atoms with Crippen molar-refractivity contribution >= 4 is 0 Å². The average molecular weight is 294 g/mol. The normalized spacial score (nSPS) is 12.0. The first kappa shape index (κ1) is 18.2. The van der Waals surface area contributed by atoms with Gasteiger partial charge in [0, 0.05) is 25.2 Å². The van der Waals surface area contributed by atoms with Crippen LogP contribution >= 0.6 is 0 Å². The van der Waals surface area contributed by atoms with Gasteiger partial charge in [0.05, 0.1) is 6.54 Å². The van der Waals surface area contributed by atoms with Crippen LogP contribution in [0.5, 0.6) is 0 Å². The summed E-state index contributed by atoms with van der Waals surface area (Å²) in [6.07, 6.45) is 1.16. The summed E-state index contributed by atoms with van der Waals surface area (Å²) >= 11 is 0. The Bertz CT molecular complexity index is 386. The number of hydrogen-bond donors (Lipinski definition) is 1. The molecule has 0 bridgehead atoms. The quantitative estimate of drug-likeness (QED) is 0.656. The topological polar surface area (TPSA) is 28.4 Å². The Morgan fingerprint density at radius 3 is 2.29 bits per heavy atom. The van der Waals surface area contributed by atoms with Gasteiger partial charge in [-0.1, -0.05) is 34.6 Å². The lowest BCUT2D eigenvalue weighted by Gasteiger charge is -2.25. The van der Waals surface area contributed by atoms with Crippen LogP contribution in [0.15, 0.2) is 10.5 Å². The molecule has 1 aromatic rings. The Labute approximate surface area is 131 Å². The maximum absolute atomic E-state index is 5.88. The number of nitrogens with zero attached hydrogens (tertiary/aromatic N) is 1. The molecule has 0 aliphatic carbocycles. The molecular formula is C18H34N2O. The van der Waals surface area contributed by atoms with Gasteiger partial charge in [0.1, 0.15) is 11.5 Å². The fourth-order valence-electron chi connectivity index (χ4n) is 2.70. The van der Waals surface area contributed by atoms with Crippen LogP contribution in [0, 0.1) is 18.8 Å². The molecule has 3 heteroatoms. The molecule has 1 heterocycles. The fraction of sp³-hybridized carbons (Fsp3) is 0.778. The highest BCUT2D eigenvalue weighted by atomic mass is 16.3. The number of rotatable bonds is 10. The molecule has 122 valence electrons. The maximum Gasteiger partial charge on any atom is 0.118 e. The van der Waals surface area contributed by atoms with Crippen LogP contribution in [0.3, 0.4) is 0 Å². The third-order valence-corrected chi connectivity index (χ3v) is 3.44. The summed E-state index contributed by atoms with van der Waals surface area (Å²) in [4.78, 5) is 2.55.